The van der Waals surface area contributed by atoms with Crippen LogP contribution < -0.4 is 11.6 Å². The number of fused-ring (bicyclic) bond motifs is 3. The highest BCUT2D eigenvalue weighted by Crippen LogP contribution is 2.29. The molecule has 0 amide bonds. The van der Waals surface area contributed by atoms with Gasteiger partial charge in [0.1, 0.15) is 0 Å². The van der Waals surface area contributed by atoms with Crippen LogP contribution in [0, 0.1) is 6.92 Å². The average molecular weight is 460 g/mol. The standard InChI is InChI=1S/C12H9BrN2.C7H9N.C7H8/c13-8-5-6-12-10(7-8)9-3-1-2-4-11(9)15(12)14;8-6-7-4-2-1-3-5-7;1-7-5-3-2-4-6-7/h1-7H,14H2;1-5H,6,8H2;2-6H,1H3. The van der Waals surface area contributed by atoms with E-state index in [-0.39, 0.29) is 0 Å². The number of rotatable bonds is 1. The van der Waals surface area contributed by atoms with Crippen molar-refractivity contribution in [2.24, 2.45) is 5.73 Å². The number of nitrogen functional groups attached to an aromatic ring is 1. The van der Waals surface area contributed by atoms with Gasteiger partial charge >= 0.3 is 0 Å². The van der Waals surface area contributed by atoms with E-state index in [1.165, 1.54) is 21.9 Å². The predicted octanol–water partition coefficient (Wildman–Crippen LogP) is 6.41. The first-order valence-electron chi connectivity index (χ1n) is 9.79. The summed E-state index contributed by atoms with van der Waals surface area (Å²) in [5, 5.41) is 2.37. The zero-order valence-corrected chi connectivity index (χ0v) is 18.6. The van der Waals surface area contributed by atoms with Crippen LogP contribution in [-0.2, 0) is 6.54 Å². The highest BCUT2D eigenvalue weighted by Gasteiger charge is 2.07. The summed E-state index contributed by atoms with van der Waals surface area (Å²) in [7, 11) is 0. The maximum Gasteiger partial charge on any atom is 0.0704 e. The quantitative estimate of drug-likeness (QED) is 0.284. The van der Waals surface area contributed by atoms with Gasteiger partial charge in [-0.1, -0.05) is 100 Å². The largest absolute Gasteiger partial charge is 0.339 e. The first-order valence-corrected chi connectivity index (χ1v) is 10.6. The van der Waals surface area contributed by atoms with E-state index < -0.39 is 0 Å². The minimum absolute atomic E-state index is 0.640. The lowest BCUT2D eigenvalue weighted by Crippen LogP contribution is -2.06. The highest BCUT2D eigenvalue weighted by atomic mass is 79.9. The smallest absolute Gasteiger partial charge is 0.0704 e. The second kappa shape index (κ2) is 10.6. The molecule has 0 bridgehead atoms. The van der Waals surface area contributed by atoms with E-state index in [4.69, 9.17) is 11.6 Å². The minimum Gasteiger partial charge on any atom is -0.339 e. The summed E-state index contributed by atoms with van der Waals surface area (Å²) in [6.45, 7) is 2.72. The summed E-state index contributed by atoms with van der Waals surface area (Å²) >= 11 is 3.48. The molecule has 30 heavy (non-hydrogen) atoms. The number of benzene rings is 4. The highest BCUT2D eigenvalue weighted by molar-refractivity contribution is 9.10. The van der Waals surface area contributed by atoms with Crippen molar-refractivity contribution in [3.8, 4) is 0 Å². The van der Waals surface area contributed by atoms with Gasteiger partial charge in [-0.15, -0.1) is 0 Å². The van der Waals surface area contributed by atoms with Gasteiger partial charge in [0, 0.05) is 21.8 Å². The second-order valence-electron chi connectivity index (χ2n) is 6.89. The molecule has 0 aliphatic heterocycles. The van der Waals surface area contributed by atoms with Crippen molar-refractivity contribution >= 4 is 37.7 Å². The topological polar surface area (TPSA) is 57.0 Å². The first-order chi connectivity index (χ1) is 14.6. The Morgan fingerprint density at radius 1 is 0.700 bits per heavy atom. The monoisotopic (exact) mass is 459 g/mol. The van der Waals surface area contributed by atoms with Gasteiger partial charge in [0.25, 0.3) is 0 Å². The van der Waals surface area contributed by atoms with Gasteiger partial charge in [-0.3, -0.25) is 4.68 Å². The SMILES string of the molecule is Cc1ccccc1.NCc1ccccc1.Nn1c2ccccc2c2cc(Br)ccc21. The molecular weight excluding hydrogens is 434 g/mol. The summed E-state index contributed by atoms with van der Waals surface area (Å²) in [6, 6.07) is 34.5. The van der Waals surface area contributed by atoms with E-state index in [0.717, 1.165) is 15.5 Å². The zero-order valence-electron chi connectivity index (χ0n) is 17.0. The fourth-order valence-corrected chi connectivity index (χ4v) is 3.48. The van der Waals surface area contributed by atoms with Crippen molar-refractivity contribution in [3.05, 3.63) is 119 Å². The molecule has 0 unspecified atom stereocenters. The fourth-order valence-electron chi connectivity index (χ4n) is 3.12. The molecule has 5 aromatic rings. The Kier molecular flexibility index (Phi) is 7.66. The van der Waals surface area contributed by atoms with Gasteiger partial charge in [0.2, 0.25) is 0 Å². The van der Waals surface area contributed by atoms with Crippen molar-refractivity contribution in [2.75, 3.05) is 5.84 Å². The van der Waals surface area contributed by atoms with Gasteiger partial charge < -0.3 is 11.6 Å². The molecule has 0 spiro atoms. The molecule has 0 radical (unpaired) electrons. The van der Waals surface area contributed by atoms with Crippen LogP contribution in [0.3, 0.4) is 0 Å². The maximum atomic E-state index is 6.03. The Hall–Kier alpha value is -3.08. The molecule has 4 aromatic carbocycles. The van der Waals surface area contributed by atoms with E-state index in [2.05, 4.69) is 47.1 Å². The summed E-state index contributed by atoms with van der Waals surface area (Å²) in [5.74, 6) is 6.03. The number of halogens is 1. The number of aryl methyl sites for hydroxylation is 1. The lowest BCUT2D eigenvalue weighted by Gasteiger charge is -1.96. The van der Waals surface area contributed by atoms with Gasteiger partial charge in [-0.05, 0) is 36.8 Å². The lowest BCUT2D eigenvalue weighted by molar-refractivity contribution is 1.07. The molecule has 0 saturated carbocycles. The van der Waals surface area contributed by atoms with E-state index >= 15 is 0 Å². The van der Waals surface area contributed by atoms with Gasteiger partial charge in [-0.2, -0.15) is 0 Å². The van der Waals surface area contributed by atoms with Crippen molar-refractivity contribution in [3.63, 3.8) is 0 Å². The summed E-state index contributed by atoms with van der Waals surface area (Å²) in [6.07, 6.45) is 0. The van der Waals surface area contributed by atoms with Crippen LogP contribution in [0.5, 0.6) is 0 Å². The molecule has 4 heteroatoms. The molecule has 1 aromatic heterocycles. The van der Waals surface area contributed by atoms with Crippen LogP contribution >= 0.6 is 15.9 Å². The number of aromatic nitrogens is 1. The van der Waals surface area contributed by atoms with E-state index in [9.17, 15) is 0 Å². The Balaban J connectivity index is 0.000000144. The van der Waals surface area contributed by atoms with Crippen LogP contribution in [0.1, 0.15) is 11.1 Å². The zero-order chi connectivity index (χ0) is 21.3. The molecule has 0 saturated heterocycles. The molecule has 0 fully saturated rings. The number of hydrogen-bond acceptors (Lipinski definition) is 2. The van der Waals surface area contributed by atoms with Crippen LogP contribution in [0.15, 0.2) is 108 Å². The van der Waals surface area contributed by atoms with Crippen LogP contribution in [0.2, 0.25) is 0 Å². The molecule has 0 aliphatic carbocycles. The molecule has 0 aliphatic rings. The molecular formula is C26H26BrN3. The molecule has 152 valence electrons. The van der Waals surface area contributed by atoms with Gasteiger partial charge in [0.05, 0.1) is 11.0 Å². The summed E-state index contributed by atoms with van der Waals surface area (Å²) in [5.41, 5.74) is 9.97. The normalized spacial score (nSPS) is 10.1. The second-order valence-corrected chi connectivity index (χ2v) is 7.81. The summed E-state index contributed by atoms with van der Waals surface area (Å²) < 4.78 is 2.81. The van der Waals surface area contributed by atoms with E-state index in [0.29, 0.717) is 6.54 Å². The van der Waals surface area contributed by atoms with Crippen molar-refractivity contribution < 1.29 is 0 Å². The fraction of sp³-hybridized carbons (Fsp3) is 0.0769. The lowest BCUT2D eigenvalue weighted by atomic mass is 10.2. The van der Waals surface area contributed by atoms with Crippen LogP contribution in [0.25, 0.3) is 21.8 Å². The third-order valence-corrected chi connectivity index (χ3v) is 5.18. The first kappa shape index (κ1) is 21.6. The Morgan fingerprint density at radius 2 is 1.27 bits per heavy atom. The Labute approximate surface area is 186 Å². The maximum absolute atomic E-state index is 6.03. The van der Waals surface area contributed by atoms with Crippen molar-refractivity contribution in [1.82, 2.24) is 4.68 Å². The average Bonchev–Trinajstić information content (AvgIpc) is 3.07. The predicted molar refractivity (Wildman–Crippen MR) is 133 cm³/mol. The van der Waals surface area contributed by atoms with Crippen LogP contribution in [-0.4, -0.2) is 4.68 Å². The molecule has 3 nitrogen and oxygen atoms in total. The number of nitrogens with two attached hydrogens (primary N) is 2. The van der Waals surface area contributed by atoms with E-state index in [1.54, 1.807) is 4.68 Å². The third-order valence-electron chi connectivity index (χ3n) is 4.69. The molecule has 4 N–H and O–H groups in total. The molecule has 1 heterocycles. The van der Waals surface area contributed by atoms with Crippen LogP contribution in [0.4, 0.5) is 0 Å². The van der Waals surface area contributed by atoms with Crippen molar-refractivity contribution in [2.45, 2.75) is 13.5 Å². The Morgan fingerprint density at radius 3 is 1.83 bits per heavy atom. The third kappa shape index (κ3) is 5.50. The number of nitrogens with zero attached hydrogens (tertiary/aromatic N) is 1. The summed E-state index contributed by atoms with van der Waals surface area (Å²) in [4.78, 5) is 0. The van der Waals surface area contributed by atoms with Gasteiger partial charge in [-0.25, -0.2) is 0 Å². The van der Waals surface area contributed by atoms with E-state index in [1.807, 2.05) is 78.9 Å². The Bertz CT molecular complexity index is 1200. The number of hydrogen-bond donors (Lipinski definition) is 2. The molecule has 0 atom stereocenters. The minimum atomic E-state index is 0.640. The molecule has 5 rings (SSSR count). The van der Waals surface area contributed by atoms with Gasteiger partial charge in [0.15, 0.2) is 0 Å². The van der Waals surface area contributed by atoms with Crippen molar-refractivity contribution in [1.29, 1.82) is 0 Å². The number of para-hydroxylation sites is 1.